The Labute approximate surface area is 126 Å². The highest BCUT2D eigenvalue weighted by Gasteiger charge is 2.26. The topological polar surface area (TPSA) is 37.4 Å². The fourth-order valence-corrected chi connectivity index (χ4v) is 3.24. The van der Waals surface area contributed by atoms with Crippen molar-refractivity contribution < 1.29 is 9.13 Å². The van der Waals surface area contributed by atoms with E-state index in [1.165, 1.54) is 12.3 Å². The van der Waals surface area contributed by atoms with Crippen molar-refractivity contribution in [2.75, 3.05) is 26.7 Å². The molecular weight excluding hydrogens is 269 g/mol. The van der Waals surface area contributed by atoms with Gasteiger partial charge in [-0.05, 0) is 38.9 Å². The van der Waals surface area contributed by atoms with Crippen LogP contribution in [0.4, 0.5) is 4.39 Å². The maximum Gasteiger partial charge on any atom is 0.141 e. The highest BCUT2D eigenvalue weighted by atomic mass is 19.1. The van der Waals surface area contributed by atoms with E-state index in [2.05, 4.69) is 36.0 Å². The zero-order valence-corrected chi connectivity index (χ0v) is 13.3. The monoisotopic (exact) mass is 295 g/mol. The third kappa shape index (κ3) is 4.46. The van der Waals surface area contributed by atoms with Crippen LogP contribution >= 0.6 is 0 Å². The van der Waals surface area contributed by atoms with Crippen molar-refractivity contribution in [3.8, 4) is 0 Å². The summed E-state index contributed by atoms with van der Waals surface area (Å²) in [5, 5.41) is 3.31. The smallest absolute Gasteiger partial charge is 0.141 e. The number of nitrogens with one attached hydrogen (secondary N) is 1. The molecule has 118 valence electrons. The van der Waals surface area contributed by atoms with Gasteiger partial charge in [0.05, 0.1) is 30.1 Å². The molecule has 2 heterocycles. The molecule has 2 rings (SSSR count). The van der Waals surface area contributed by atoms with Crippen LogP contribution in [0.5, 0.6) is 0 Å². The maximum absolute atomic E-state index is 13.0. The van der Waals surface area contributed by atoms with E-state index < -0.39 is 0 Å². The summed E-state index contributed by atoms with van der Waals surface area (Å²) >= 11 is 0. The zero-order chi connectivity index (χ0) is 15.4. The lowest BCUT2D eigenvalue weighted by molar-refractivity contribution is -0.0719. The minimum atomic E-state index is -0.294. The predicted octanol–water partition coefficient (Wildman–Crippen LogP) is 2.23. The van der Waals surface area contributed by atoms with Gasteiger partial charge in [-0.2, -0.15) is 0 Å². The number of halogens is 1. The van der Waals surface area contributed by atoms with Crippen molar-refractivity contribution in [2.45, 2.75) is 39.0 Å². The van der Waals surface area contributed by atoms with Crippen LogP contribution in [-0.4, -0.2) is 48.8 Å². The first kappa shape index (κ1) is 16.3. The van der Waals surface area contributed by atoms with Crippen LogP contribution in [0.25, 0.3) is 0 Å². The van der Waals surface area contributed by atoms with Crippen molar-refractivity contribution in [2.24, 2.45) is 5.92 Å². The van der Waals surface area contributed by atoms with Crippen LogP contribution in [0.2, 0.25) is 0 Å². The molecule has 1 aliphatic heterocycles. The lowest BCUT2D eigenvalue weighted by atomic mass is 9.97. The Balaban J connectivity index is 1.99. The van der Waals surface area contributed by atoms with Crippen molar-refractivity contribution in [1.29, 1.82) is 0 Å². The molecule has 1 fully saturated rings. The Morgan fingerprint density at radius 2 is 2.05 bits per heavy atom. The van der Waals surface area contributed by atoms with Gasteiger partial charge in [0, 0.05) is 19.6 Å². The fraction of sp³-hybridized carbons (Fsp3) is 0.688. The molecule has 1 aliphatic rings. The standard InChI is InChI=1S/C16H26FN3O/c1-11(8-20-9-12(2)21-13(3)10-20)16(18-4)15-6-5-14(17)7-19-15/h5-7,11-13,16,18H,8-10H2,1-4H3/t11?,12-,13+,16?. The van der Waals surface area contributed by atoms with Crippen LogP contribution < -0.4 is 5.32 Å². The Hall–Kier alpha value is -1.04. The molecule has 1 saturated heterocycles. The van der Waals surface area contributed by atoms with Crippen molar-refractivity contribution in [3.05, 3.63) is 29.8 Å². The summed E-state index contributed by atoms with van der Waals surface area (Å²) in [6, 6.07) is 3.36. The molecule has 0 bridgehead atoms. The van der Waals surface area contributed by atoms with Crippen LogP contribution in [0.1, 0.15) is 32.5 Å². The molecule has 0 saturated carbocycles. The summed E-state index contributed by atoms with van der Waals surface area (Å²) in [7, 11) is 1.93. The van der Waals surface area contributed by atoms with E-state index in [1.54, 1.807) is 6.07 Å². The predicted molar refractivity (Wildman–Crippen MR) is 81.6 cm³/mol. The first-order chi connectivity index (χ1) is 9.99. The van der Waals surface area contributed by atoms with Gasteiger partial charge in [0.25, 0.3) is 0 Å². The van der Waals surface area contributed by atoms with Crippen LogP contribution in [0.3, 0.4) is 0 Å². The molecule has 0 amide bonds. The molecule has 0 spiro atoms. The highest BCUT2D eigenvalue weighted by Crippen LogP contribution is 2.22. The molecule has 0 aliphatic carbocycles. The Morgan fingerprint density at radius 3 is 2.57 bits per heavy atom. The number of morpholine rings is 1. The van der Waals surface area contributed by atoms with E-state index in [4.69, 9.17) is 4.74 Å². The van der Waals surface area contributed by atoms with Crippen LogP contribution in [0, 0.1) is 11.7 Å². The second-order valence-electron chi connectivity index (χ2n) is 6.12. The first-order valence-corrected chi connectivity index (χ1v) is 7.66. The molecule has 4 atom stereocenters. The van der Waals surface area contributed by atoms with E-state index in [1.807, 2.05) is 7.05 Å². The summed E-state index contributed by atoms with van der Waals surface area (Å²) in [4.78, 5) is 6.65. The van der Waals surface area contributed by atoms with Crippen LogP contribution in [-0.2, 0) is 4.74 Å². The molecule has 5 heteroatoms. The van der Waals surface area contributed by atoms with Gasteiger partial charge in [-0.25, -0.2) is 4.39 Å². The number of hydrogen-bond acceptors (Lipinski definition) is 4. The largest absolute Gasteiger partial charge is 0.373 e. The number of pyridine rings is 1. The fourth-order valence-electron chi connectivity index (χ4n) is 3.24. The van der Waals surface area contributed by atoms with Gasteiger partial charge in [-0.15, -0.1) is 0 Å². The van der Waals surface area contributed by atoms with Crippen molar-refractivity contribution in [3.63, 3.8) is 0 Å². The third-order valence-corrected chi connectivity index (χ3v) is 3.99. The summed E-state index contributed by atoms with van der Waals surface area (Å²) in [5.41, 5.74) is 0.890. The zero-order valence-electron chi connectivity index (χ0n) is 13.3. The Bertz CT molecular complexity index is 430. The minimum Gasteiger partial charge on any atom is -0.373 e. The average Bonchev–Trinajstić information content (AvgIpc) is 2.40. The Kier molecular flexibility index (Phi) is 5.67. The number of nitrogens with zero attached hydrogens (tertiary/aromatic N) is 2. The van der Waals surface area contributed by atoms with Gasteiger partial charge in [0.2, 0.25) is 0 Å². The van der Waals surface area contributed by atoms with Gasteiger partial charge < -0.3 is 10.1 Å². The average molecular weight is 295 g/mol. The molecule has 0 aromatic carbocycles. The first-order valence-electron chi connectivity index (χ1n) is 7.66. The van der Waals surface area contributed by atoms with Gasteiger partial charge in [-0.1, -0.05) is 6.92 Å². The van der Waals surface area contributed by atoms with E-state index in [9.17, 15) is 4.39 Å². The molecule has 2 unspecified atom stereocenters. The molecule has 1 aromatic rings. The van der Waals surface area contributed by atoms with Crippen LogP contribution in [0.15, 0.2) is 18.3 Å². The van der Waals surface area contributed by atoms with Gasteiger partial charge in [-0.3, -0.25) is 9.88 Å². The molecule has 4 nitrogen and oxygen atoms in total. The van der Waals surface area contributed by atoms with E-state index in [-0.39, 0.29) is 24.1 Å². The molecular formula is C16H26FN3O. The van der Waals surface area contributed by atoms with Gasteiger partial charge >= 0.3 is 0 Å². The van der Waals surface area contributed by atoms with E-state index in [0.717, 1.165) is 25.3 Å². The lowest BCUT2D eigenvalue weighted by Gasteiger charge is -2.38. The number of rotatable bonds is 5. The third-order valence-electron chi connectivity index (χ3n) is 3.99. The number of hydrogen-bond donors (Lipinski definition) is 1. The summed E-state index contributed by atoms with van der Waals surface area (Å²) < 4.78 is 18.8. The molecule has 1 aromatic heterocycles. The SMILES string of the molecule is CNC(c1ccc(F)cn1)C(C)CN1C[C@@H](C)O[C@@H](C)C1. The second kappa shape index (κ2) is 7.29. The van der Waals surface area contributed by atoms with E-state index >= 15 is 0 Å². The maximum atomic E-state index is 13.0. The van der Waals surface area contributed by atoms with Crippen molar-refractivity contribution >= 4 is 0 Å². The molecule has 0 radical (unpaired) electrons. The molecule has 21 heavy (non-hydrogen) atoms. The highest BCUT2D eigenvalue weighted by molar-refractivity contribution is 5.11. The van der Waals surface area contributed by atoms with Crippen molar-refractivity contribution in [1.82, 2.24) is 15.2 Å². The quantitative estimate of drug-likeness (QED) is 0.904. The second-order valence-corrected chi connectivity index (χ2v) is 6.12. The minimum absolute atomic E-state index is 0.124. The summed E-state index contributed by atoms with van der Waals surface area (Å²) in [6.45, 7) is 9.33. The lowest BCUT2D eigenvalue weighted by Crippen LogP contribution is -2.48. The van der Waals surface area contributed by atoms with E-state index in [0.29, 0.717) is 5.92 Å². The number of aromatic nitrogens is 1. The summed E-state index contributed by atoms with van der Waals surface area (Å²) in [5.74, 6) is 0.0857. The molecule has 1 N–H and O–H groups in total. The summed E-state index contributed by atoms with van der Waals surface area (Å²) in [6.07, 6.45) is 1.83. The van der Waals surface area contributed by atoms with Gasteiger partial charge in [0.1, 0.15) is 5.82 Å². The Morgan fingerprint density at radius 1 is 1.38 bits per heavy atom. The number of ether oxygens (including phenoxy) is 1. The normalized spacial score (nSPS) is 26.5. The van der Waals surface area contributed by atoms with Gasteiger partial charge in [0.15, 0.2) is 0 Å².